The van der Waals surface area contributed by atoms with Crippen molar-refractivity contribution >= 4 is 27.4 Å². The van der Waals surface area contributed by atoms with Crippen LogP contribution in [0.1, 0.15) is 11.6 Å². The molecular weight excluding hydrogens is 338 g/mol. The van der Waals surface area contributed by atoms with E-state index < -0.39 is 37.5 Å². The summed E-state index contributed by atoms with van der Waals surface area (Å²) in [6, 6.07) is 9.77. The van der Waals surface area contributed by atoms with Crippen LogP contribution in [-0.2, 0) is 14.8 Å². The number of hydrogen-bond acceptors (Lipinski definition) is 6. The highest BCUT2D eigenvalue weighted by molar-refractivity contribution is 7.89. The molecule has 0 aliphatic rings. The van der Waals surface area contributed by atoms with Gasteiger partial charge in [-0.1, -0.05) is 30.3 Å². The third kappa shape index (κ3) is 3.86. The summed E-state index contributed by atoms with van der Waals surface area (Å²) in [5, 5.41) is 28.0. The molecule has 0 saturated heterocycles. The Hall–Kier alpha value is -2.98. The van der Waals surface area contributed by atoms with E-state index in [4.69, 9.17) is 5.14 Å². The van der Waals surface area contributed by atoms with Crippen LogP contribution in [0, 0.1) is 10.1 Å². The second kappa shape index (κ2) is 6.64. The van der Waals surface area contributed by atoms with Gasteiger partial charge in [-0.2, -0.15) is 0 Å². The second-order valence-electron chi connectivity index (χ2n) is 4.81. The van der Waals surface area contributed by atoms with Crippen LogP contribution in [0.2, 0.25) is 0 Å². The highest BCUT2D eigenvalue weighted by atomic mass is 32.2. The number of nitro groups is 1. The first kappa shape index (κ1) is 17.4. The van der Waals surface area contributed by atoms with Crippen LogP contribution in [0.4, 0.5) is 11.4 Å². The van der Waals surface area contributed by atoms with E-state index in [1.165, 1.54) is 0 Å². The number of nitro benzene ring substituents is 1. The molecule has 24 heavy (non-hydrogen) atoms. The second-order valence-corrected chi connectivity index (χ2v) is 6.37. The molecule has 2 aromatic rings. The van der Waals surface area contributed by atoms with Crippen LogP contribution < -0.4 is 10.5 Å². The Morgan fingerprint density at radius 1 is 1.21 bits per heavy atom. The van der Waals surface area contributed by atoms with E-state index >= 15 is 0 Å². The number of benzene rings is 2. The van der Waals surface area contributed by atoms with E-state index in [2.05, 4.69) is 5.32 Å². The van der Waals surface area contributed by atoms with E-state index in [-0.39, 0.29) is 5.69 Å². The Labute approximate surface area is 136 Å². The minimum atomic E-state index is -4.12. The Bertz CT molecular complexity index is 883. The largest absolute Gasteiger partial charge is 0.479 e. The summed E-state index contributed by atoms with van der Waals surface area (Å²) in [5.41, 5.74) is -0.345. The summed E-state index contributed by atoms with van der Waals surface area (Å²) >= 11 is 0. The van der Waals surface area contributed by atoms with Crippen LogP contribution in [0.25, 0.3) is 0 Å². The summed E-state index contributed by atoms with van der Waals surface area (Å²) in [7, 11) is -4.12. The predicted octanol–water partition coefficient (Wildman–Crippen LogP) is 1.48. The maximum absolute atomic E-state index is 11.5. The third-order valence-electron chi connectivity index (χ3n) is 3.17. The molecule has 0 saturated carbocycles. The Balaban J connectivity index is 2.47. The zero-order chi connectivity index (χ0) is 17.9. The first-order chi connectivity index (χ1) is 11.2. The minimum absolute atomic E-state index is 0.136. The molecule has 4 N–H and O–H groups in total. The maximum Gasteiger partial charge on any atom is 0.330 e. The van der Waals surface area contributed by atoms with Crippen LogP contribution in [0.5, 0.6) is 0 Å². The van der Waals surface area contributed by atoms with Gasteiger partial charge in [0.1, 0.15) is 5.69 Å². The highest BCUT2D eigenvalue weighted by Gasteiger charge is 2.25. The molecule has 0 unspecified atom stereocenters. The van der Waals surface area contributed by atoms with Crippen LogP contribution in [-0.4, -0.2) is 24.4 Å². The topological polar surface area (TPSA) is 153 Å². The van der Waals surface area contributed by atoms with Gasteiger partial charge in [-0.15, -0.1) is 0 Å². The SMILES string of the molecule is NS(=O)(=O)c1ccc(N[C@H](C(=O)O)c2ccccc2)c([N+](=O)[O-])c1. The van der Waals surface area contributed by atoms with Crippen LogP contribution in [0.3, 0.4) is 0 Å². The minimum Gasteiger partial charge on any atom is -0.479 e. The lowest BCUT2D eigenvalue weighted by molar-refractivity contribution is -0.384. The zero-order valence-corrected chi connectivity index (χ0v) is 12.9. The van der Waals surface area contributed by atoms with E-state index in [0.29, 0.717) is 5.56 Å². The van der Waals surface area contributed by atoms with Crippen molar-refractivity contribution in [3.05, 3.63) is 64.2 Å². The van der Waals surface area contributed by atoms with Gasteiger partial charge in [-0.25, -0.2) is 18.4 Å². The number of primary sulfonamides is 1. The first-order valence-corrected chi connectivity index (χ1v) is 8.10. The molecule has 9 nitrogen and oxygen atoms in total. The Morgan fingerprint density at radius 3 is 2.33 bits per heavy atom. The number of hydrogen-bond donors (Lipinski definition) is 3. The molecule has 0 bridgehead atoms. The molecule has 0 aliphatic heterocycles. The van der Waals surface area contributed by atoms with Crippen molar-refractivity contribution in [3.63, 3.8) is 0 Å². The Kier molecular flexibility index (Phi) is 4.81. The number of sulfonamides is 1. The summed E-state index contributed by atoms with van der Waals surface area (Å²) in [4.78, 5) is 21.4. The third-order valence-corrected chi connectivity index (χ3v) is 4.09. The number of nitrogens with one attached hydrogen (secondary N) is 1. The zero-order valence-electron chi connectivity index (χ0n) is 12.1. The van der Waals surface area contributed by atoms with Crippen LogP contribution >= 0.6 is 0 Å². The standard InChI is InChI=1S/C14H13N3O6S/c15-24(22,23)10-6-7-11(12(8-10)17(20)21)16-13(14(18)19)9-4-2-1-3-5-9/h1-8,13,16H,(H,18,19)(H2,15,22,23)/t13-/m0/s1. The summed E-state index contributed by atoms with van der Waals surface area (Å²) in [6.45, 7) is 0. The van der Waals surface area contributed by atoms with Gasteiger partial charge in [0.15, 0.2) is 6.04 Å². The average molecular weight is 351 g/mol. The maximum atomic E-state index is 11.5. The molecule has 0 aromatic heterocycles. The number of carbonyl (C=O) groups is 1. The molecule has 0 amide bonds. The van der Waals surface area contributed by atoms with Crippen LogP contribution in [0.15, 0.2) is 53.4 Å². The van der Waals surface area contributed by atoms with Gasteiger partial charge in [0, 0.05) is 6.07 Å². The van der Waals surface area contributed by atoms with Gasteiger partial charge in [0.05, 0.1) is 9.82 Å². The molecule has 0 heterocycles. The number of nitrogens with zero attached hydrogens (tertiary/aromatic N) is 1. The van der Waals surface area contributed by atoms with E-state index in [0.717, 1.165) is 18.2 Å². The quantitative estimate of drug-likeness (QED) is 0.526. The number of rotatable bonds is 6. The van der Waals surface area contributed by atoms with Gasteiger partial charge in [-0.3, -0.25) is 10.1 Å². The monoisotopic (exact) mass is 351 g/mol. The number of aliphatic carboxylic acids is 1. The van der Waals surface area contributed by atoms with Gasteiger partial charge >= 0.3 is 5.97 Å². The van der Waals surface area contributed by atoms with Gasteiger partial charge in [0.2, 0.25) is 10.0 Å². The first-order valence-electron chi connectivity index (χ1n) is 6.55. The molecule has 0 radical (unpaired) electrons. The number of carboxylic acid groups (broad SMARTS) is 1. The number of carboxylic acids is 1. The molecule has 2 aromatic carbocycles. The molecule has 10 heteroatoms. The number of nitrogens with two attached hydrogens (primary N) is 1. The Morgan fingerprint density at radius 2 is 1.83 bits per heavy atom. The van der Waals surface area contributed by atoms with Gasteiger partial charge in [-0.05, 0) is 17.7 Å². The highest BCUT2D eigenvalue weighted by Crippen LogP contribution is 2.30. The lowest BCUT2D eigenvalue weighted by atomic mass is 10.1. The molecule has 0 fully saturated rings. The molecular formula is C14H13N3O6S. The fraction of sp³-hybridized carbons (Fsp3) is 0.0714. The molecule has 0 spiro atoms. The fourth-order valence-electron chi connectivity index (χ4n) is 2.05. The average Bonchev–Trinajstić information content (AvgIpc) is 2.52. The van der Waals surface area contributed by atoms with Crippen molar-refractivity contribution < 1.29 is 23.2 Å². The normalized spacial score (nSPS) is 12.4. The van der Waals surface area contributed by atoms with Crippen molar-refractivity contribution in [2.45, 2.75) is 10.9 Å². The lowest BCUT2D eigenvalue weighted by Crippen LogP contribution is -2.21. The molecule has 0 aliphatic carbocycles. The van der Waals surface area contributed by atoms with Gasteiger partial charge < -0.3 is 10.4 Å². The molecule has 2 rings (SSSR count). The summed E-state index contributed by atoms with van der Waals surface area (Å²) in [5.74, 6) is -1.24. The van der Waals surface area contributed by atoms with Crippen molar-refractivity contribution in [3.8, 4) is 0 Å². The van der Waals surface area contributed by atoms with Crippen molar-refractivity contribution in [2.75, 3.05) is 5.32 Å². The van der Waals surface area contributed by atoms with E-state index in [9.17, 15) is 28.4 Å². The van der Waals surface area contributed by atoms with E-state index in [1.807, 2.05) is 0 Å². The molecule has 1 atom stereocenters. The van der Waals surface area contributed by atoms with Crippen molar-refractivity contribution in [2.24, 2.45) is 5.14 Å². The number of anilines is 1. The van der Waals surface area contributed by atoms with E-state index in [1.54, 1.807) is 30.3 Å². The fourth-order valence-corrected chi connectivity index (χ4v) is 2.58. The van der Waals surface area contributed by atoms with Gasteiger partial charge in [0.25, 0.3) is 5.69 Å². The lowest BCUT2D eigenvalue weighted by Gasteiger charge is -2.16. The predicted molar refractivity (Wildman–Crippen MR) is 84.9 cm³/mol. The van der Waals surface area contributed by atoms with Crippen molar-refractivity contribution in [1.29, 1.82) is 0 Å². The smallest absolute Gasteiger partial charge is 0.330 e. The summed E-state index contributed by atoms with van der Waals surface area (Å²) in [6.07, 6.45) is 0. The summed E-state index contributed by atoms with van der Waals surface area (Å²) < 4.78 is 22.6. The molecule has 126 valence electrons. The van der Waals surface area contributed by atoms with Crippen molar-refractivity contribution in [1.82, 2.24) is 0 Å².